The lowest BCUT2D eigenvalue weighted by Gasteiger charge is -2.28. The number of aromatic nitrogens is 3. The van der Waals surface area contributed by atoms with Gasteiger partial charge in [-0.1, -0.05) is 23.7 Å². The van der Waals surface area contributed by atoms with E-state index in [-0.39, 0.29) is 11.7 Å². The molecular formula is C31H29ClN4O5. The van der Waals surface area contributed by atoms with E-state index in [1.54, 1.807) is 24.4 Å². The number of halogens is 1. The summed E-state index contributed by atoms with van der Waals surface area (Å²) in [5.41, 5.74) is 3.83. The number of fused-ring (bicyclic) bond motifs is 3. The van der Waals surface area contributed by atoms with Crippen molar-refractivity contribution in [2.24, 2.45) is 11.8 Å². The number of likely N-dealkylation sites (tertiary alicyclic amines) is 1. The topological polar surface area (TPSA) is 98.9 Å². The van der Waals surface area contributed by atoms with Crippen LogP contribution in [0.2, 0.25) is 5.02 Å². The van der Waals surface area contributed by atoms with Crippen LogP contribution in [-0.4, -0.2) is 56.3 Å². The molecule has 1 aliphatic carbocycles. The molecule has 0 spiro atoms. The summed E-state index contributed by atoms with van der Waals surface area (Å²) < 4.78 is 20.6. The van der Waals surface area contributed by atoms with E-state index in [0.29, 0.717) is 35.0 Å². The molecule has 2 saturated heterocycles. The molecule has 0 radical (unpaired) electrons. The number of imidazole rings is 1. The molecule has 9 nitrogen and oxygen atoms in total. The van der Waals surface area contributed by atoms with Crippen LogP contribution < -0.4 is 9.47 Å². The lowest BCUT2D eigenvalue weighted by Crippen LogP contribution is -2.33. The van der Waals surface area contributed by atoms with Gasteiger partial charge in [0.1, 0.15) is 11.5 Å². The average Bonchev–Trinajstić information content (AvgIpc) is 3.23. The second-order valence-corrected chi connectivity index (χ2v) is 12.1. The van der Waals surface area contributed by atoms with Crippen LogP contribution in [0, 0.1) is 11.8 Å². The van der Waals surface area contributed by atoms with Crippen molar-refractivity contribution in [1.29, 1.82) is 0 Å². The molecule has 1 N–H and O–H groups in total. The van der Waals surface area contributed by atoms with Crippen LogP contribution >= 0.6 is 11.6 Å². The second-order valence-electron chi connectivity index (χ2n) is 11.7. The summed E-state index contributed by atoms with van der Waals surface area (Å²) in [5, 5.41) is 10.1. The number of aromatic carboxylic acids is 1. The number of ether oxygens (including phenoxy) is 3. The summed E-state index contributed by atoms with van der Waals surface area (Å²) in [6.07, 6.45) is 2.76. The summed E-state index contributed by atoms with van der Waals surface area (Å²) in [4.78, 5) is 23.5. The molecule has 1 saturated carbocycles. The fourth-order valence-electron chi connectivity index (χ4n) is 6.83. The molecule has 3 fully saturated rings. The van der Waals surface area contributed by atoms with Gasteiger partial charge in [0.2, 0.25) is 0 Å². The molecule has 2 aromatic carbocycles. The quantitative estimate of drug-likeness (QED) is 0.328. The Morgan fingerprint density at radius 3 is 2.68 bits per heavy atom. The number of benzene rings is 2. The van der Waals surface area contributed by atoms with E-state index >= 15 is 0 Å². The van der Waals surface area contributed by atoms with Gasteiger partial charge in [0.25, 0.3) is 5.79 Å². The first-order valence-electron chi connectivity index (χ1n) is 14.1. The van der Waals surface area contributed by atoms with Crippen LogP contribution in [0.25, 0.3) is 11.0 Å². The van der Waals surface area contributed by atoms with Crippen LogP contribution in [-0.2, 0) is 23.6 Å². The Balaban J connectivity index is 1.00. The maximum Gasteiger partial charge on any atom is 0.335 e. The number of para-hydroxylation sites is 1. The maximum absolute atomic E-state index is 11.6. The van der Waals surface area contributed by atoms with E-state index in [2.05, 4.69) is 20.5 Å². The Hall–Kier alpha value is -3.66. The molecule has 4 atom stereocenters. The van der Waals surface area contributed by atoms with E-state index in [4.69, 9.17) is 30.8 Å². The highest BCUT2D eigenvalue weighted by molar-refractivity contribution is 6.30. The summed E-state index contributed by atoms with van der Waals surface area (Å²) in [7, 11) is 0. The van der Waals surface area contributed by atoms with Gasteiger partial charge in [0.05, 0.1) is 40.8 Å². The number of hydrogen-bond acceptors (Lipinski definition) is 7. The van der Waals surface area contributed by atoms with Crippen molar-refractivity contribution in [2.75, 3.05) is 19.7 Å². The second kappa shape index (κ2) is 9.17. The van der Waals surface area contributed by atoms with E-state index in [0.717, 1.165) is 61.0 Å². The van der Waals surface area contributed by atoms with Crippen molar-refractivity contribution in [3.63, 3.8) is 0 Å². The standard InChI is InChI=1S/C31H29ClN4O5/c1-31(26-8-6-18(32)12-33-26)40-25-4-2-3-20(29(25)41-31)28-21-14-35(15-22(21)28)16-27-34-23-7-5-17(30(37)38)11-24(23)36(27)13-19-9-10-39-19/h2-8,11-12,19,21-22,28H,9-10,13-16H2,1H3,(H,37,38)/t19-,21?,22?,28?,31+/m0/s1. The molecule has 3 aliphatic heterocycles. The van der Waals surface area contributed by atoms with E-state index in [1.165, 1.54) is 5.56 Å². The summed E-state index contributed by atoms with van der Waals surface area (Å²) in [6.45, 7) is 6.02. The number of hydrogen-bond donors (Lipinski definition) is 1. The predicted molar refractivity (Wildman–Crippen MR) is 150 cm³/mol. The summed E-state index contributed by atoms with van der Waals surface area (Å²) in [6, 6.07) is 15.0. The van der Waals surface area contributed by atoms with Crippen LogP contribution in [0.1, 0.15) is 46.7 Å². The van der Waals surface area contributed by atoms with Crippen molar-refractivity contribution in [1.82, 2.24) is 19.4 Å². The predicted octanol–water partition coefficient (Wildman–Crippen LogP) is 5.06. The third kappa shape index (κ3) is 4.17. The zero-order valence-corrected chi connectivity index (χ0v) is 23.3. The minimum Gasteiger partial charge on any atom is -0.478 e. The number of carbonyl (C=O) groups is 1. The van der Waals surface area contributed by atoms with Crippen molar-refractivity contribution < 1.29 is 24.1 Å². The van der Waals surface area contributed by atoms with Crippen LogP contribution in [0.15, 0.2) is 54.7 Å². The zero-order chi connectivity index (χ0) is 27.9. The lowest BCUT2D eigenvalue weighted by atomic mass is 10.0. The molecule has 0 amide bonds. The van der Waals surface area contributed by atoms with Crippen molar-refractivity contribution in [2.45, 2.75) is 44.2 Å². The Labute approximate surface area is 241 Å². The molecule has 0 bridgehead atoms. The third-order valence-electron chi connectivity index (χ3n) is 9.05. The SMILES string of the molecule is C[C@@]1(c2ccc(Cl)cn2)Oc2cccc(C3C4CN(Cc5nc6ccc(C(=O)O)cc6n5C[C@@H]5CCO5)CC43)c2O1. The van der Waals surface area contributed by atoms with E-state index in [1.807, 2.05) is 31.2 Å². The van der Waals surface area contributed by atoms with Gasteiger partial charge in [-0.3, -0.25) is 9.88 Å². The van der Waals surface area contributed by atoms with Gasteiger partial charge in [-0.05, 0) is 60.6 Å². The van der Waals surface area contributed by atoms with Gasteiger partial charge in [-0.2, -0.15) is 0 Å². The number of piperidine rings is 1. The smallest absolute Gasteiger partial charge is 0.335 e. The Morgan fingerprint density at radius 1 is 1.15 bits per heavy atom. The fraction of sp³-hybridized carbons (Fsp3) is 0.387. The van der Waals surface area contributed by atoms with Gasteiger partial charge in [0, 0.05) is 38.4 Å². The Kier molecular flexibility index (Phi) is 5.61. The van der Waals surface area contributed by atoms with Gasteiger partial charge in [0.15, 0.2) is 11.5 Å². The Morgan fingerprint density at radius 2 is 1.98 bits per heavy atom. The number of carboxylic acid groups (broad SMARTS) is 1. The van der Waals surface area contributed by atoms with E-state index < -0.39 is 11.8 Å². The first-order chi connectivity index (χ1) is 19.9. The van der Waals surface area contributed by atoms with E-state index in [9.17, 15) is 9.90 Å². The van der Waals surface area contributed by atoms with Gasteiger partial charge in [-0.25, -0.2) is 9.78 Å². The molecule has 4 aliphatic rings. The van der Waals surface area contributed by atoms with Crippen molar-refractivity contribution in [3.05, 3.63) is 82.4 Å². The molecule has 8 rings (SSSR count). The minimum absolute atomic E-state index is 0.146. The van der Waals surface area contributed by atoms with Crippen molar-refractivity contribution >= 4 is 28.6 Å². The zero-order valence-electron chi connectivity index (χ0n) is 22.5. The summed E-state index contributed by atoms with van der Waals surface area (Å²) in [5.74, 6) is 2.09. The largest absolute Gasteiger partial charge is 0.478 e. The molecule has 41 heavy (non-hydrogen) atoms. The number of rotatable bonds is 7. The monoisotopic (exact) mass is 572 g/mol. The maximum atomic E-state index is 11.6. The van der Waals surface area contributed by atoms with Crippen LogP contribution in [0.4, 0.5) is 0 Å². The number of carboxylic acids is 1. The van der Waals surface area contributed by atoms with Crippen LogP contribution in [0.3, 0.4) is 0 Å². The first-order valence-corrected chi connectivity index (χ1v) is 14.4. The number of pyridine rings is 1. The van der Waals surface area contributed by atoms with Gasteiger partial charge in [-0.15, -0.1) is 0 Å². The first kappa shape index (κ1) is 25.1. The Bertz CT molecular complexity index is 1670. The molecule has 4 aromatic rings. The average molecular weight is 573 g/mol. The van der Waals surface area contributed by atoms with Crippen LogP contribution in [0.5, 0.6) is 11.5 Å². The highest BCUT2D eigenvalue weighted by atomic mass is 35.5. The molecule has 10 heteroatoms. The highest BCUT2D eigenvalue weighted by Gasteiger charge is 2.58. The minimum atomic E-state index is -0.997. The van der Waals surface area contributed by atoms with Gasteiger partial charge < -0.3 is 23.9 Å². The normalized spacial score (nSPS) is 28.0. The fourth-order valence-corrected chi connectivity index (χ4v) is 6.94. The molecular weight excluding hydrogens is 544 g/mol. The molecule has 210 valence electrons. The third-order valence-corrected chi connectivity index (χ3v) is 9.27. The molecule has 2 aromatic heterocycles. The molecule has 5 heterocycles. The molecule has 2 unspecified atom stereocenters. The van der Waals surface area contributed by atoms with Crippen molar-refractivity contribution in [3.8, 4) is 11.5 Å². The number of nitrogens with zero attached hydrogens (tertiary/aromatic N) is 4. The highest BCUT2D eigenvalue weighted by Crippen LogP contribution is 2.62. The van der Waals surface area contributed by atoms with Gasteiger partial charge >= 0.3 is 5.97 Å². The lowest BCUT2D eigenvalue weighted by molar-refractivity contribution is -0.0721. The summed E-state index contributed by atoms with van der Waals surface area (Å²) >= 11 is 6.04.